The molecule has 0 aromatic carbocycles. The highest BCUT2D eigenvalue weighted by Gasteiger charge is 2.35. The number of amides is 6. The van der Waals surface area contributed by atoms with E-state index in [9.17, 15) is 38.7 Å². The van der Waals surface area contributed by atoms with Crippen molar-refractivity contribution in [2.24, 2.45) is 68.1 Å². The van der Waals surface area contributed by atoms with Gasteiger partial charge < -0.3 is 71.4 Å². The van der Waals surface area contributed by atoms with Crippen LogP contribution in [-0.2, 0) is 33.6 Å². The van der Waals surface area contributed by atoms with Crippen LogP contribution in [0.1, 0.15) is 120 Å². The fourth-order valence-electron chi connectivity index (χ4n) is 6.46. The Balaban J connectivity index is 6.49. The lowest BCUT2D eigenvalue weighted by Gasteiger charge is -2.29. The van der Waals surface area contributed by atoms with E-state index < -0.39 is 89.6 Å². The molecule has 22 heteroatoms. The van der Waals surface area contributed by atoms with Crippen molar-refractivity contribution in [2.75, 3.05) is 19.6 Å². The number of carbonyl (C=O) groups is 7. The minimum Gasteiger partial charge on any atom is -0.480 e. The van der Waals surface area contributed by atoms with Crippen molar-refractivity contribution in [3.63, 3.8) is 0 Å². The Kier molecular flexibility index (Phi) is 28.2. The van der Waals surface area contributed by atoms with Crippen LogP contribution in [0.15, 0.2) is 9.98 Å². The van der Waals surface area contributed by atoms with Crippen LogP contribution in [0, 0.1) is 23.7 Å². The first-order valence-electron chi connectivity index (χ1n) is 22.0. The van der Waals surface area contributed by atoms with Gasteiger partial charge in [0.15, 0.2) is 11.9 Å². The van der Waals surface area contributed by atoms with Crippen molar-refractivity contribution in [1.82, 2.24) is 31.9 Å². The fraction of sp³-hybridized carbons (Fsp3) is 0.780. The molecule has 0 bridgehead atoms. The molecule has 0 radical (unpaired) electrons. The zero-order chi connectivity index (χ0) is 48.4. The van der Waals surface area contributed by atoms with Gasteiger partial charge in [-0.3, -0.25) is 38.8 Å². The van der Waals surface area contributed by atoms with Crippen molar-refractivity contribution in [3.8, 4) is 0 Å². The standard InChI is InChI=1S/C41H80N14O8/c1-22(2)19-26(43)33(56)53-30(20-23(3)4)37(60)54-31(21-24(5)6)36(59)50-28(14-11-17-48-40(44)45)35(58)55-32(25(7)8)38(61)51-27(13-9-10-16-42)34(57)52-29(39(62)63)15-12-18-49-41(46)47/h22-32H,9-21,42-43H2,1-8H3,(H,50,59)(H,51,61)(H,52,57)(H,53,56)(H,54,60)(H,55,58)(H,62,63)(H4,44,45,48)(H4,46,47,49). The molecular weight excluding hydrogens is 817 g/mol. The Hall–Kier alpha value is -5.25. The Bertz CT molecular complexity index is 1520. The molecule has 19 N–H and O–H groups in total. The summed E-state index contributed by atoms with van der Waals surface area (Å²) in [4.78, 5) is 102. The lowest BCUT2D eigenvalue weighted by molar-refractivity contribution is -0.142. The summed E-state index contributed by atoms with van der Waals surface area (Å²) in [7, 11) is 0. The van der Waals surface area contributed by atoms with Gasteiger partial charge in [-0.2, -0.15) is 0 Å². The number of nitrogens with two attached hydrogens (primary N) is 6. The quantitative estimate of drug-likeness (QED) is 0.0204. The number of hydrogen-bond donors (Lipinski definition) is 13. The minimum atomic E-state index is -1.30. The van der Waals surface area contributed by atoms with E-state index in [0.717, 1.165) is 0 Å². The molecule has 0 aromatic rings. The van der Waals surface area contributed by atoms with Crippen molar-refractivity contribution in [1.29, 1.82) is 0 Å². The summed E-state index contributed by atoms with van der Waals surface area (Å²) in [6.45, 7) is 15.3. The molecular formula is C41H80N14O8. The highest BCUT2D eigenvalue weighted by Crippen LogP contribution is 2.13. The highest BCUT2D eigenvalue weighted by molar-refractivity contribution is 5.97. The number of aliphatic imine (C=N–C) groups is 2. The van der Waals surface area contributed by atoms with Gasteiger partial charge in [0.05, 0.1) is 6.04 Å². The first-order chi connectivity index (χ1) is 29.4. The Labute approximate surface area is 372 Å². The second-order valence-corrected chi connectivity index (χ2v) is 17.6. The number of nitrogens with one attached hydrogen (secondary N) is 6. The molecule has 0 saturated heterocycles. The van der Waals surface area contributed by atoms with Crippen LogP contribution in [0.2, 0.25) is 0 Å². The van der Waals surface area contributed by atoms with Gasteiger partial charge in [0.2, 0.25) is 35.4 Å². The van der Waals surface area contributed by atoms with Gasteiger partial charge >= 0.3 is 5.97 Å². The van der Waals surface area contributed by atoms with Gasteiger partial charge in [0, 0.05) is 13.1 Å². The number of hydrogen-bond acceptors (Lipinski definition) is 11. The maximum absolute atomic E-state index is 14.1. The van der Waals surface area contributed by atoms with E-state index in [2.05, 4.69) is 41.9 Å². The van der Waals surface area contributed by atoms with Gasteiger partial charge in [-0.1, -0.05) is 55.4 Å². The summed E-state index contributed by atoms with van der Waals surface area (Å²) >= 11 is 0. The average Bonchev–Trinajstić information content (AvgIpc) is 3.16. The summed E-state index contributed by atoms with van der Waals surface area (Å²) in [5, 5.41) is 25.9. The van der Waals surface area contributed by atoms with Crippen molar-refractivity contribution in [2.45, 2.75) is 162 Å². The third-order valence-electron chi connectivity index (χ3n) is 9.71. The smallest absolute Gasteiger partial charge is 0.326 e. The summed E-state index contributed by atoms with van der Waals surface area (Å²) < 4.78 is 0. The molecule has 0 saturated carbocycles. The molecule has 0 rings (SSSR count). The molecule has 362 valence electrons. The molecule has 22 nitrogen and oxygen atoms in total. The van der Waals surface area contributed by atoms with Crippen LogP contribution in [0.25, 0.3) is 0 Å². The SMILES string of the molecule is CC(C)CC(N)C(=O)NC(CC(C)C)C(=O)NC(CC(C)C)C(=O)NC(CCCN=C(N)N)C(=O)NC(C(=O)NC(CCCCN)C(=O)NC(CCCN=C(N)N)C(=O)O)C(C)C. The van der Waals surface area contributed by atoms with E-state index in [1.165, 1.54) is 0 Å². The summed E-state index contributed by atoms with van der Waals surface area (Å²) in [6.07, 6.45) is 2.42. The van der Waals surface area contributed by atoms with E-state index >= 15 is 0 Å². The number of unbranched alkanes of at least 4 members (excludes halogenated alkanes) is 1. The maximum Gasteiger partial charge on any atom is 0.326 e. The van der Waals surface area contributed by atoms with Gasteiger partial charge in [0.25, 0.3) is 0 Å². The van der Waals surface area contributed by atoms with Crippen LogP contribution in [0.4, 0.5) is 0 Å². The first-order valence-corrected chi connectivity index (χ1v) is 22.0. The summed E-state index contributed by atoms with van der Waals surface area (Å²) in [6, 6.07) is -7.91. The molecule has 0 aliphatic heterocycles. The first kappa shape index (κ1) is 57.8. The summed E-state index contributed by atoms with van der Waals surface area (Å²) in [5.74, 6) is -6.08. The van der Waals surface area contributed by atoms with Gasteiger partial charge in [-0.25, -0.2) is 4.79 Å². The third kappa shape index (κ3) is 25.5. The van der Waals surface area contributed by atoms with Crippen molar-refractivity contribution < 1.29 is 38.7 Å². The molecule has 7 unspecified atom stereocenters. The van der Waals surface area contributed by atoms with Crippen LogP contribution in [0.5, 0.6) is 0 Å². The van der Waals surface area contributed by atoms with E-state index in [-0.39, 0.29) is 87.7 Å². The predicted octanol–water partition coefficient (Wildman–Crippen LogP) is -1.66. The fourth-order valence-corrected chi connectivity index (χ4v) is 6.46. The number of guanidine groups is 2. The second-order valence-electron chi connectivity index (χ2n) is 17.6. The van der Waals surface area contributed by atoms with E-state index in [1.54, 1.807) is 13.8 Å². The molecule has 6 amide bonds. The average molecular weight is 897 g/mol. The Morgan fingerprint density at radius 3 is 1.25 bits per heavy atom. The predicted molar refractivity (Wildman–Crippen MR) is 243 cm³/mol. The largest absolute Gasteiger partial charge is 0.480 e. The maximum atomic E-state index is 14.1. The molecule has 0 spiro atoms. The van der Waals surface area contributed by atoms with E-state index in [0.29, 0.717) is 25.8 Å². The van der Waals surface area contributed by atoms with Crippen LogP contribution in [0.3, 0.4) is 0 Å². The number of carboxylic acid groups (broad SMARTS) is 1. The van der Waals surface area contributed by atoms with E-state index in [1.807, 2.05) is 41.5 Å². The van der Waals surface area contributed by atoms with E-state index in [4.69, 9.17) is 34.4 Å². The van der Waals surface area contributed by atoms with Gasteiger partial charge in [0.1, 0.15) is 36.3 Å². The summed E-state index contributed by atoms with van der Waals surface area (Å²) in [5.41, 5.74) is 33.5. The van der Waals surface area contributed by atoms with Crippen LogP contribution in [-0.4, -0.2) is 120 Å². The number of carbonyl (C=O) groups excluding carboxylic acids is 6. The zero-order valence-corrected chi connectivity index (χ0v) is 38.7. The Morgan fingerprint density at radius 2 is 0.841 bits per heavy atom. The minimum absolute atomic E-state index is 0.00529. The van der Waals surface area contributed by atoms with Crippen LogP contribution < -0.4 is 66.3 Å². The van der Waals surface area contributed by atoms with Crippen molar-refractivity contribution in [3.05, 3.63) is 0 Å². The second kappa shape index (κ2) is 30.7. The van der Waals surface area contributed by atoms with Crippen LogP contribution >= 0.6 is 0 Å². The lowest BCUT2D eigenvalue weighted by Crippen LogP contribution is -2.60. The Morgan fingerprint density at radius 1 is 0.476 bits per heavy atom. The molecule has 63 heavy (non-hydrogen) atoms. The number of aliphatic carboxylic acids is 1. The highest BCUT2D eigenvalue weighted by atomic mass is 16.4. The molecule has 0 aromatic heterocycles. The molecule has 0 aliphatic carbocycles. The van der Waals surface area contributed by atoms with Gasteiger partial charge in [-0.05, 0) is 94.4 Å². The third-order valence-corrected chi connectivity index (χ3v) is 9.71. The number of carboxylic acids is 1. The molecule has 0 fully saturated rings. The zero-order valence-electron chi connectivity index (χ0n) is 38.7. The monoisotopic (exact) mass is 897 g/mol. The number of rotatable bonds is 32. The van der Waals surface area contributed by atoms with Crippen molar-refractivity contribution >= 4 is 53.3 Å². The lowest BCUT2D eigenvalue weighted by atomic mass is 9.98. The topological polar surface area (TPSA) is 393 Å². The normalized spacial score (nSPS) is 14.6. The molecule has 7 atom stereocenters. The number of nitrogens with zero attached hydrogens (tertiary/aromatic N) is 2. The molecule has 0 aliphatic rings. The molecule has 0 heterocycles. The van der Waals surface area contributed by atoms with Gasteiger partial charge in [-0.15, -0.1) is 0 Å².